The second-order valence-corrected chi connectivity index (χ2v) is 4.50. The van der Waals surface area contributed by atoms with Crippen LogP contribution in [0.15, 0.2) is 23.6 Å². The van der Waals surface area contributed by atoms with Gasteiger partial charge in [0.25, 0.3) is 0 Å². The van der Waals surface area contributed by atoms with Crippen molar-refractivity contribution in [3.63, 3.8) is 0 Å². The minimum atomic E-state index is -0.310. The summed E-state index contributed by atoms with van der Waals surface area (Å²) >= 11 is 7.35. The first-order valence-electron chi connectivity index (χ1n) is 5.17. The first-order valence-corrected chi connectivity index (χ1v) is 6.39. The Kier molecular flexibility index (Phi) is 4.04. The van der Waals surface area contributed by atoms with Crippen molar-refractivity contribution in [3.05, 3.63) is 45.7 Å². The Balaban J connectivity index is 2.42. The molecule has 0 saturated carbocycles. The molecule has 0 spiro atoms. The molecule has 0 bridgehead atoms. The van der Waals surface area contributed by atoms with E-state index in [-0.39, 0.29) is 11.9 Å². The van der Waals surface area contributed by atoms with Crippen LogP contribution in [0.5, 0.6) is 0 Å². The van der Waals surface area contributed by atoms with Gasteiger partial charge in [-0.25, -0.2) is 4.39 Å². The van der Waals surface area contributed by atoms with Crippen molar-refractivity contribution >= 4 is 23.1 Å². The highest BCUT2D eigenvalue weighted by molar-refractivity contribution is 7.03. The molecular formula is C11H11ClFN3S. The van der Waals surface area contributed by atoms with Crippen molar-refractivity contribution < 1.29 is 4.39 Å². The number of nitrogens with one attached hydrogen (secondary N) is 1. The predicted octanol–water partition coefficient (Wildman–Crippen LogP) is 3.03. The SMILES string of the molecule is CCNC(c1csnn1)c1cc(F)ccc1Cl. The van der Waals surface area contributed by atoms with Gasteiger partial charge in [-0.15, -0.1) is 5.10 Å². The third-order valence-corrected chi connectivity index (χ3v) is 3.22. The van der Waals surface area contributed by atoms with E-state index >= 15 is 0 Å². The molecule has 2 aromatic rings. The van der Waals surface area contributed by atoms with Gasteiger partial charge >= 0.3 is 0 Å². The number of nitrogens with zero attached hydrogens (tertiary/aromatic N) is 2. The number of halogens is 2. The second kappa shape index (κ2) is 5.53. The Bertz CT molecular complexity index is 489. The molecule has 0 radical (unpaired) electrons. The summed E-state index contributed by atoms with van der Waals surface area (Å²) in [6.45, 7) is 2.70. The standard InChI is InChI=1S/C11H11ClFN3S/c1-2-14-11(10-6-17-16-15-10)8-5-7(13)3-4-9(8)12/h3-6,11,14H,2H2,1H3. The monoisotopic (exact) mass is 271 g/mol. The summed E-state index contributed by atoms with van der Waals surface area (Å²) in [4.78, 5) is 0. The lowest BCUT2D eigenvalue weighted by molar-refractivity contribution is 0.594. The van der Waals surface area contributed by atoms with Crippen LogP contribution in [0.4, 0.5) is 4.39 Å². The van der Waals surface area contributed by atoms with E-state index < -0.39 is 0 Å². The molecule has 1 aromatic heterocycles. The van der Waals surface area contributed by atoms with Crippen LogP contribution in [0.3, 0.4) is 0 Å². The van der Waals surface area contributed by atoms with Gasteiger partial charge in [-0.3, -0.25) is 0 Å². The Morgan fingerprint density at radius 3 is 3.00 bits per heavy atom. The smallest absolute Gasteiger partial charge is 0.123 e. The average molecular weight is 272 g/mol. The lowest BCUT2D eigenvalue weighted by atomic mass is 10.0. The van der Waals surface area contributed by atoms with Crippen LogP contribution in [-0.4, -0.2) is 16.1 Å². The van der Waals surface area contributed by atoms with Crippen LogP contribution in [0.25, 0.3) is 0 Å². The number of hydrogen-bond donors (Lipinski definition) is 1. The van der Waals surface area contributed by atoms with Crippen molar-refractivity contribution in [1.29, 1.82) is 0 Å². The van der Waals surface area contributed by atoms with Crippen LogP contribution in [0.2, 0.25) is 5.02 Å². The largest absolute Gasteiger partial charge is 0.305 e. The van der Waals surface area contributed by atoms with E-state index in [1.54, 1.807) is 6.07 Å². The molecule has 0 aliphatic carbocycles. The van der Waals surface area contributed by atoms with Gasteiger partial charge in [0.05, 0.1) is 11.7 Å². The number of aromatic nitrogens is 2. The highest BCUT2D eigenvalue weighted by atomic mass is 35.5. The molecular weight excluding hydrogens is 261 g/mol. The fourth-order valence-corrected chi connectivity index (χ4v) is 2.32. The zero-order valence-electron chi connectivity index (χ0n) is 9.15. The minimum Gasteiger partial charge on any atom is -0.305 e. The van der Waals surface area contributed by atoms with Gasteiger partial charge in [0.1, 0.15) is 5.82 Å². The van der Waals surface area contributed by atoms with Gasteiger partial charge in [-0.05, 0) is 41.8 Å². The molecule has 0 fully saturated rings. The van der Waals surface area contributed by atoms with Crippen molar-refractivity contribution in [2.24, 2.45) is 0 Å². The van der Waals surface area contributed by atoms with Gasteiger partial charge in [-0.1, -0.05) is 23.0 Å². The van der Waals surface area contributed by atoms with Crippen molar-refractivity contribution in [3.8, 4) is 0 Å². The molecule has 1 aromatic carbocycles. The third kappa shape index (κ3) is 2.80. The molecule has 0 amide bonds. The topological polar surface area (TPSA) is 37.8 Å². The summed E-state index contributed by atoms with van der Waals surface area (Å²) in [5.41, 5.74) is 1.44. The Morgan fingerprint density at radius 1 is 1.53 bits per heavy atom. The number of rotatable bonds is 4. The lowest BCUT2D eigenvalue weighted by Gasteiger charge is -2.17. The predicted molar refractivity (Wildman–Crippen MR) is 66.8 cm³/mol. The molecule has 90 valence electrons. The number of benzene rings is 1. The molecule has 6 heteroatoms. The second-order valence-electron chi connectivity index (χ2n) is 3.49. The van der Waals surface area contributed by atoms with Gasteiger partial charge < -0.3 is 5.32 Å². The molecule has 17 heavy (non-hydrogen) atoms. The van der Waals surface area contributed by atoms with Gasteiger partial charge in [-0.2, -0.15) is 0 Å². The summed E-state index contributed by atoms with van der Waals surface area (Å²) in [5, 5.41) is 9.58. The maximum Gasteiger partial charge on any atom is 0.123 e. The molecule has 2 rings (SSSR count). The molecule has 0 saturated heterocycles. The molecule has 0 aliphatic heterocycles. The molecule has 1 heterocycles. The van der Waals surface area contributed by atoms with E-state index in [0.29, 0.717) is 10.6 Å². The Hall–Kier alpha value is -1.04. The molecule has 0 aliphatic rings. The van der Waals surface area contributed by atoms with Crippen LogP contribution < -0.4 is 5.32 Å². The zero-order valence-corrected chi connectivity index (χ0v) is 10.7. The highest BCUT2D eigenvalue weighted by Gasteiger charge is 2.19. The van der Waals surface area contributed by atoms with Gasteiger partial charge in [0.15, 0.2) is 0 Å². The molecule has 1 atom stereocenters. The molecule has 1 unspecified atom stereocenters. The molecule has 1 N–H and O–H groups in total. The lowest BCUT2D eigenvalue weighted by Crippen LogP contribution is -2.22. The van der Waals surface area contributed by atoms with E-state index in [0.717, 1.165) is 12.2 Å². The maximum absolute atomic E-state index is 13.3. The van der Waals surface area contributed by atoms with Crippen molar-refractivity contribution in [2.75, 3.05) is 6.54 Å². The van der Waals surface area contributed by atoms with Gasteiger partial charge in [0.2, 0.25) is 0 Å². The minimum absolute atomic E-state index is 0.220. The van der Waals surface area contributed by atoms with E-state index in [2.05, 4.69) is 14.9 Å². The normalized spacial score (nSPS) is 12.6. The summed E-state index contributed by atoms with van der Waals surface area (Å²) in [6.07, 6.45) is 0. The fraction of sp³-hybridized carbons (Fsp3) is 0.273. The third-order valence-electron chi connectivity index (χ3n) is 2.35. The van der Waals surface area contributed by atoms with Crippen LogP contribution in [0.1, 0.15) is 24.2 Å². The first-order chi connectivity index (χ1) is 8.22. The zero-order chi connectivity index (χ0) is 12.3. The Labute approximate surface area is 108 Å². The van der Waals surface area contributed by atoms with Crippen molar-refractivity contribution in [2.45, 2.75) is 13.0 Å². The van der Waals surface area contributed by atoms with Crippen LogP contribution in [0, 0.1) is 5.82 Å². The van der Waals surface area contributed by atoms with E-state index in [4.69, 9.17) is 11.6 Å². The summed E-state index contributed by atoms with van der Waals surface area (Å²) in [6, 6.07) is 4.10. The first kappa shape index (κ1) is 12.4. The molecule has 3 nitrogen and oxygen atoms in total. The van der Waals surface area contributed by atoms with E-state index in [1.165, 1.54) is 23.7 Å². The maximum atomic E-state index is 13.3. The van der Waals surface area contributed by atoms with Gasteiger partial charge in [0, 0.05) is 10.4 Å². The summed E-state index contributed by atoms with van der Waals surface area (Å²) in [5.74, 6) is -0.310. The van der Waals surface area contributed by atoms with Crippen molar-refractivity contribution in [1.82, 2.24) is 14.9 Å². The quantitative estimate of drug-likeness (QED) is 0.929. The summed E-state index contributed by atoms with van der Waals surface area (Å²) < 4.78 is 17.1. The van der Waals surface area contributed by atoms with E-state index in [1.807, 2.05) is 12.3 Å². The Morgan fingerprint density at radius 2 is 2.35 bits per heavy atom. The highest BCUT2D eigenvalue weighted by Crippen LogP contribution is 2.28. The fourth-order valence-electron chi connectivity index (χ4n) is 1.61. The van der Waals surface area contributed by atoms with E-state index in [9.17, 15) is 4.39 Å². The number of hydrogen-bond acceptors (Lipinski definition) is 4. The van der Waals surface area contributed by atoms with Crippen LogP contribution >= 0.6 is 23.1 Å². The average Bonchev–Trinajstić information content (AvgIpc) is 2.83. The van der Waals surface area contributed by atoms with Crippen LogP contribution in [-0.2, 0) is 0 Å². The summed E-state index contributed by atoms with van der Waals surface area (Å²) in [7, 11) is 0.